The van der Waals surface area contributed by atoms with Crippen LogP contribution < -0.4 is 17.0 Å². The molecule has 3 saturated carbocycles. The van der Waals surface area contributed by atoms with Crippen LogP contribution in [0.25, 0.3) is 16.9 Å². The average molecular weight is 547 g/mol. The van der Waals surface area contributed by atoms with Crippen molar-refractivity contribution in [2.24, 2.45) is 17.8 Å². The Morgan fingerprint density at radius 2 is 1.57 bits per heavy atom. The van der Waals surface area contributed by atoms with Crippen LogP contribution in [-0.2, 0) is 0 Å². The highest BCUT2D eigenvalue weighted by atomic mass is 19.1. The molecule has 4 heterocycles. The zero-order chi connectivity index (χ0) is 27.4. The van der Waals surface area contributed by atoms with Gasteiger partial charge in [-0.15, -0.1) is 0 Å². The van der Waals surface area contributed by atoms with Crippen molar-refractivity contribution >= 4 is 16.9 Å². The van der Waals surface area contributed by atoms with Crippen molar-refractivity contribution in [2.75, 3.05) is 12.3 Å². The van der Waals surface area contributed by atoms with Crippen molar-refractivity contribution in [3.8, 4) is 5.82 Å². The van der Waals surface area contributed by atoms with E-state index in [0.29, 0.717) is 23.5 Å². The molecule has 40 heavy (non-hydrogen) atoms. The van der Waals surface area contributed by atoms with E-state index in [4.69, 9.17) is 5.73 Å². The van der Waals surface area contributed by atoms with Gasteiger partial charge < -0.3 is 10.3 Å². The third-order valence-corrected chi connectivity index (χ3v) is 10.4. The normalized spacial score (nSPS) is 31.0. The number of nitrogen functional groups attached to an aromatic ring is 1. The minimum absolute atomic E-state index is 0.00569. The lowest BCUT2D eigenvalue weighted by molar-refractivity contribution is -0.0155. The molecule has 2 aliphatic heterocycles. The van der Waals surface area contributed by atoms with E-state index in [2.05, 4.69) is 14.9 Å². The lowest BCUT2D eigenvalue weighted by atomic mass is 9.73. The minimum Gasteiger partial charge on any atom is -0.381 e. The maximum atomic E-state index is 14.4. The largest absolute Gasteiger partial charge is 0.381 e. The van der Waals surface area contributed by atoms with Crippen LogP contribution >= 0.6 is 0 Å². The molecular formula is C31H39FN6O2. The molecule has 5 aliphatic rings. The van der Waals surface area contributed by atoms with Crippen LogP contribution in [0.3, 0.4) is 0 Å². The van der Waals surface area contributed by atoms with Crippen LogP contribution in [0.5, 0.6) is 0 Å². The first-order valence-electron chi connectivity index (χ1n) is 15.3. The molecule has 2 aromatic heterocycles. The number of halogens is 1. The Hall–Kier alpha value is -3.07. The summed E-state index contributed by atoms with van der Waals surface area (Å²) in [5.74, 6) is 0.604. The summed E-state index contributed by atoms with van der Waals surface area (Å²) < 4.78 is 17.2. The Balaban J connectivity index is 1.30. The topological polar surface area (TPSA) is 99.0 Å². The fourth-order valence-electron chi connectivity index (χ4n) is 8.63. The van der Waals surface area contributed by atoms with Gasteiger partial charge in [0.05, 0.1) is 17.2 Å². The molecule has 0 amide bonds. The minimum atomic E-state index is -0.853. The summed E-state index contributed by atoms with van der Waals surface area (Å²) in [5, 5.41) is 0. The molecule has 4 bridgehead atoms. The Kier molecular flexibility index (Phi) is 6.72. The van der Waals surface area contributed by atoms with E-state index in [1.54, 1.807) is 0 Å². The molecule has 9 heteroatoms. The zero-order valence-electron chi connectivity index (χ0n) is 23.1. The van der Waals surface area contributed by atoms with Crippen LogP contribution in [0, 0.1) is 23.6 Å². The molecule has 6 atom stereocenters. The molecule has 3 aliphatic carbocycles. The van der Waals surface area contributed by atoms with Gasteiger partial charge in [0.15, 0.2) is 11.6 Å². The van der Waals surface area contributed by atoms with Gasteiger partial charge in [0.2, 0.25) is 5.82 Å². The van der Waals surface area contributed by atoms with Crippen LogP contribution in [-0.4, -0.2) is 42.6 Å². The summed E-state index contributed by atoms with van der Waals surface area (Å²) in [7, 11) is 0. The summed E-state index contributed by atoms with van der Waals surface area (Å²) in [4.78, 5) is 37.9. The monoisotopic (exact) mass is 546 g/mol. The molecule has 0 spiro atoms. The van der Waals surface area contributed by atoms with Crippen molar-refractivity contribution in [1.82, 2.24) is 24.0 Å². The number of anilines is 1. The molecule has 212 valence electrons. The summed E-state index contributed by atoms with van der Waals surface area (Å²) in [5.41, 5.74) is 5.70. The van der Waals surface area contributed by atoms with E-state index in [-0.39, 0.29) is 17.4 Å². The number of aromatic nitrogens is 4. The fourth-order valence-corrected chi connectivity index (χ4v) is 8.63. The number of fused-ring (bicyclic) bond motifs is 8. The second-order valence-electron chi connectivity index (χ2n) is 12.8. The van der Waals surface area contributed by atoms with Gasteiger partial charge in [-0.3, -0.25) is 9.69 Å². The molecule has 2 N–H and O–H groups in total. The molecule has 8 rings (SSSR count). The van der Waals surface area contributed by atoms with Crippen molar-refractivity contribution in [1.29, 1.82) is 0 Å². The van der Waals surface area contributed by atoms with E-state index in [1.165, 1.54) is 57.8 Å². The predicted octanol–water partition coefficient (Wildman–Crippen LogP) is 4.83. The number of nitrogens with zero attached hydrogens (tertiary/aromatic N) is 5. The number of rotatable bonds is 3. The Morgan fingerprint density at radius 1 is 0.850 bits per heavy atom. The number of para-hydroxylation sites is 2. The number of benzene rings is 1. The molecule has 0 radical (unpaired) electrons. The molecule has 8 nitrogen and oxygen atoms in total. The summed E-state index contributed by atoms with van der Waals surface area (Å²) >= 11 is 0. The van der Waals surface area contributed by atoms with Gasteiger partial charge in [-0.1, -0.05) is 50.7 Å². The van der Waals surface area contributed by atoms with E-state index < -0.39 is 17.3 Å². The van der Waals surface area contributed by atoms with Crippen LogP contribution in [0.15, 0.2) is 40.1 Å². The van der Waals surface area contributed by atoms with E-state index in [9.17, 15) is 14.0 Å². The Bertz CT molecular complexity index is 1520. The van der Waals surface area contributed by atoms with E-state index in [0.717, 1.165) is 53.9 Å². The van der Waals surface area contributed by atoms with Gasteiger partial charge in [-0.25, -0.2) is 18.7 Å². The number of hydrogen-bond acceptors (Lipinski definition) is 6. The lowest BCUT2D eigenvalue weighted by Gasteiger charge is -2.52. The summed E-state index contributed by atoms with van der Waals surface area (Å²) in [6.07, 6.45) is 16.1. The Morgan fingerprint density at radius 3 is 2.38 bits per heavy atom. The van der Waals surface area contributed by atoms with Crippen LogP contribution in [0.2, 0.25) is 0 Å². The van der Waals surface area contributed by atoms with Crippen molar-refractivity contribution in [3.05, 3.63) is 57.1 Å². The maximum Gasteiger partial charge on any atom is 0.355 e. The third kappa shape index (κ3) is 4.56. The van der Waals surface area contributed by atoms with Crippen molar-refractivity contribution in [2.45, 2.75) is 95.2 Å². The van der Waals surface area contributed by atoms with Crippen LogP contribution in [0.1, 0.15) is 83.1 Å². The van der Waals surface area contributed by atoms with Gasteiger partial charge >= 0.3 is 5.69 Å². The average Bonchev–Trinajstić information content (AvgIpc) is 3.10. The second kappa shape index (κ2) is 10.4. The third-order valence-electron chi connectivity index (χ3n) is 10.4. The highest BCUT2D eigenvalue weighted by Crippen LogP contribution is 2.46. The standard InChI is InChI=1S/C31H39FN6O2/c32-24-18-37(31(40)35-28(24)33)29-30(39)38(26-12-6-5-11-25(26)34-29)27-16-22-10-4-3-9-21(27)17-36(22)23-14-19-7-1-2-8-20(13-19)15-23/h5-6,11-12,18-23,27H,1-4,7-10,13-17H2,(H2,33,35,40)/t19-,20+,21?,22-,23?,27+/m1/s1. The summed E-state index contributed by atoms with van der Waals surface area (Å²) in [6, 6.07) is 8.66. The van der Waals surface area contributed by atoms with E-state index >= 15 is 0 Å². The fraction of sp³-hybridized carbons (Fsp3) is 0.613. The highest BCUT2D eigenvalue weighted by molar-refractivity contribution is 5.75. The first kappa shape index (κ1) is 25.9. The first-order valence-corrected chi connectivity index (χ1v) is 15.3. The lowest BCUT2D eigenvalue weighted by Crippen LogP contribution is -2.55. The summed E-state index contributed by atoms with van der Waals surface area (Å²) in [6.45, 7) is 1.01. The SMILES string of the molecule is Nc1nc(=O)n(-c2nc3ccccc3n([C@H]3C[C@H]4CCCCC3CN4C3C[C@H]4CCCC[C@@H](C3)C4)c2=O)cc1F. The van der Waals surface area contributed by atoms with Gasteiger partial charge in [0.25, 0.3) is 5.56 Å². The number of piperidine rings is 1. The van der Waals surface area contributed by atoms with Gasteiger partial charge in [-0.2, -0.15) is 4.98 Å². The van der Waals surface area contributed by atoms with E-state index in [1.807, 2.05) is 28.8 Å². The molecular weight excluding hydrogens is 507 g/mol. The molecule has 3 aromatic rings. The zero-order valence-corrected chi connectivity index (χ0v) is 23.1. The highest BCUT2D eigenvalue weighted by Gasteiger charge is 2.43. The second-order valence-corrected chi connectivity index (χ2v) is 12.8. The van der Waals surface area contributed by atoms with Crippen molar-refractivity contribution < 1.29 is 4.39 Å². The smallest absolute Gasteiger partial charge is 0.355 e. The molecule has 2 unspecified atom stereocenters. The number of nitrogens with two attached hydrogens (primary N) is 1. The van der Waals surface area contributed by atoms with Gasteiger partial charge in [0, 0.05) is 24.7 Å². The van der Waals surface area contributed by atoms with Gasteiger partial charge in [-0.05, 0) is 68.4 Å². The Labute approximate surface area is 233 Å². The first-order chi connectivity index (χ1) is 19.5. The predicted molar refractivity (Wildman–Crippen MR) is 153 cm³/mol. The van der Waals surface area contributed by atoms with Crippen molar-refractivity contribution in [3.63, 3.8) is 0 Å². The molecule has 2 saturated heterocycles. The van der Waals surface area contributed by atoms with Crippen LogP contribution in [0.4, 0.5) is 10.2 Å². The molecule has 1 aromatic carbocycles. The quantitative estimate of drug-likeness (QED) is 0.505. The maximum absolute atomic E-state index is 14.4. The van der Waals surface area contributed by atoms with Gasteiger partial charge in [0.1, 0.15) is 0 Å². The molecule has 5 fully saturated rings. The number of hydrogen-bond donors (Lipinski definition) is 1.